The molecule has 0 saturated carbocycles. The summed E-state index contributed by atoms with van der Waals surface area (Å²) >= 11 is 4.55. The highest BCUT2D eigenvalue weighted by Gasteiger charge is 1.91. The van der Waals surface area contributed by atoms with Crippen LogP contribution in [0.2, 0.25) is 0 Å². The van der Waals surface area contributed by atoms with E-state index >= 15 is 0 Å². The summed E-state index contributed by atoms with van der Waals surface area (Å²) in [6.07, 6.45) is 4.96. The van der Waals surface area contributed by atoms with Gasteiger partial charge in [0.15, 0.2) is 5.11 Å². The monoisotopic (exact) mass is 183 g/mol. The molecule has 3 N–H and O–H groups in total. The van der Waals surface area contributed by atoms with E-state index in [0.29, 0.717) is 0 Å². The Hall–Kier alpha value is -1.43. The van der Waals surface area contributed by atoms with Crippen molar-refractivity contribution in [3.8, 4) is 0 Å². The van der Waals surface area contributed by atoms with Crippen LogP contribution in [0.15, 0.2) is 17.6 Å². The number of thiocarbonyl (C=S) groups is 1. The normalized spacial score (nSPS) is 10.4. The number of imidazole rings is 1. The molecule has 0 aliphatic carbocycles. The first-order chi connectivity index (χ1) is 5.70. The van der Waals surface area contributed by atoms with Crippen LogP contribution < -0.4 is 11.2 Å². The van der Waals surface area contributed by atoms with Gasteiger partial charge < -0.3 is 10.3 Å². The highest BCUT2D eigenvalue weighted by atomic mass is 32.1. The molecule has 6 heteroatoms. The second-order valence-corrected chi connectivity index (χ2v) is 2.60. The van der Waals surface area contributed by atoms with Crippen LogP contribution in [0.25, 0.3) is 0 Å². The molecular formula is C6H9N5S. The van der Waals surface area contributed by atoms with Gasteiger partial charge >= 0.3 is 0 Å². The molecule has 0 aromatic carbocycles. The molecule has 5 nitrogen and oxygen atoms in total. The van der Waals surface area contributed by atoms with Gasteiger partial charge in [0.1, 0.15) is 0 Å². The van der Waals surface area contributed by atoms with E-state index < -0.39 is 0 Å². The van der Waals surface area contributed by atoms with E-state index in [2.05, 4.69) is 27.7 Å². The van der Waals surface area contributed by atoms with Crippen molar-refractivity contribution in [1.82, 2.24) is 15.0 Å². The number of rotatable bonds is 2. The Kier molecular flexibility index (Phi) is 2.76. The molecule has 0 bridgehead atoms. The molecule has 0 atom stereocenters. The first kappa shape index (κ1) is 8.66. The Morgan fingerprint density at radius 1 is 1.92 bits per heavy atom. The topological polar surface area (TPSA) is 68.2 Å². The zero-order valence-corrected chi connectivity index (χ0v) is 7.38. The molecule has 1 rings (SSSR count). The Morgan fingerprint density at radius 3 is 3.17 bits per heavy atom. The minimum atomic E-state index is 0.147. The third kappa shape index (κ3) is 2.31. The van der Waals surface area contributed by atoms with Gasteiger partial charge in [-0.25, -0.2) is 4.98 Å². The average molecular weight is 183 g/mol. The summed E-state index contributed by atoms with van der Waals surface area (Å²) in [7, 11) is 1.87. The van der Waals surface area contributed by atoms with Gasteiger partial charge in [-0.05, 0) is 12.2 Å². The molecular weight excluding hydrogens is 174 g/mol. The zero-order valence-electron chi connectivity index (χ0n) is 6.56. The molecule has 1 heterocycles. The Morgan fingerprint density at radius 2 is 2.67 bits per heavy atom. The minimum Gasteiger partial charge on any atom is -0.375 e. The smallest absolute Gasteiger partial charge is 0.184 e. The van der Waals surface area contributed by atoms with Crippen LogP contribution in [0, 0.1) is 0 Å². The van der Waals surface area contributed by atoms with E-state index in [4.69, 9.17) is 5.73 Å². The van der Waals surface area contributed by atoms with Crippen molar-refractivity contribution in [3.63, 3.8) is 0 Å². The summed E-state index contributed by atoms with van der Waals surface area (Å²) in [4.78, 5) is 3.90. The second-order valence-electron chi connectivity index (χ2n) is 2.16. The van der Waals surface area contributed by atoms with Crippen LogP contribution in [0.1, 0.15) is 5.69 Å². The average Bonchev–Trinajstić information content (AvgIpc) is 2.36. The number of hydrogen-bond donors (Lipinski definition) is 2. The lowest BCUT2D eigenvalue weighted by atomic mass is 10.5. The maximum Gasteiger partial charge on any atom is 0.184 e. The van der Waals surface area contributed by atoms with Crippen LogP contribution in [0.4, 0.5) is 0 Å². The van der Waals surface area contributed by atoms with Crippen molar-refractivity contribution >= 4 is 23.5 Å². The molecule has 12 heavy (non-hydrogen) atoms. The number of nitrogens with one attached hydrogen (secondary N) is 1. The zero-order chi connectivity index (χ0) is 8.97. The van der Waals surface area contributed by atoms with Crippen molar-refractivity contribution in [3.05, 3.63) is 18.2 Å². The maximum absolute atomic E-state index is 5.15. The SMILES string of the molecule is Cn1cncc1C=NNC(N)=S. The van der Waals surface area contributed by atoms with Crippen molar-refractivity contribution in [2.75, 3.05) is 0 Å². The summed E-state index contributed by atoms with van der Waals surface area (Å²) in [5.41, 5.74) is 8.48. The number of nitrogens with two attached hydrogens (primary N) is 1. The van der Waals surface area contributed by atoms with Crippen LogP contribution in [-0.2, 0) is 7.05 Å². The summed E-state index contributed by atoms with van der Waals surface area (Å²) in [6, 6.07) is 0. The number of hydrazone groups is 1. The largest absolute Gasteiger partial charge is 0.375 e. The quantitative estimate of drug-likeness (QED) is 0.371. The number of aromatic nitrogens is 2. The van der Waals surface area contributed by atoms with Gasteiger partial charge in [-0.2, -0.15) is 5.10 Å². The van der Waals surface area contributed by atoms with E-state index in [1.54, 1.807) is 18.7 Å². The molecule has 1 aromatic heterocycles. The molecule has 0 aliphatic heterocycles. The van der Waals surface area contributed by atoms with Gasteiger partial charge in [-0.1, -0.05) is 0 Å². The summed E-state index contributed by atoms with van der Waals surface area (Å²) in [5.74, 6) is 0. The molecule has 0 unspecified atom stereocenters. The van der Waals surface area contributed by atoms with E-state index in [1.165, 1.54) is 0 Å². The van der Waals surface area contributed by atoms with Gasteiger partial charge in [-0.3, -0.25) is 5.43 Å². The van der Waals surface area contributed by atoms with Crippen LogP contribution in [-0.4, -0.2) is 20.9 Å². The van der Waals surface area contributed by atoms with Crippen LogP contribution in [0.3, 0.4) is 0 Å². The fourth-order valence-corrected chi connectivity index (χ4v) is 0.707. The van der Waals surface area contributed by atoms with Crippen molar-refractivity contribution in [1.29, 1.82) is 0 Å². The lowest BCUT2D eigenvalue weighted by Gasteiger charge is -1.94. The summed E-state index contributed by atoms with van der Waals surface area (Å²) in [6.45, 7) is 0. The van der Waals surface area contributed by atoms with E-state index in [9.17, 15) is 0 Å². The molecule has 1 aromatic rings. The third-order valence-electron chi connectivity index (χ3n) is 1.23. The molecule has 0 fully saturated rings. The Bertz CT molecular complexity index is 303. The van der Waals surface area contributed by atoms with Gasteiger partial charge in [0.2, 0.25) is 0 Å². The first-order valence-corrected chi connectivity index (χ1v) is 3.66. The van der Waals surface area contributed by atoms with Crippen LogP contribution in [0.5, 0.6) is 0 Å². The number of aryl methyl sites for hydroxylation is 1. The maximum atomic E-state index is 5.15. The van der Waals surface area contributed by atoms with Crippen molar-refractivity contribution in [2.24, 2.45) is 17.9 Å². The van der Waals surface area contributed by atoms with Gasteiger partial charge in [0.05, 0.1) is 24.4 Å². The summed E-state index contributed by atoms with van der Waals surface area (Å²) < 4.78 is 1.82. The van der Waals surface area contributed by atoms with Gasteiger partial charge in [0, 0.05) is 7.05 Å². The van der Waals surface area contributed by atoms with Gasteiger partial charge in [0.25, 0.3) is 0 Å². The predicted molar refractivity (Wildman–Crippen MR) is 50.7 cm³/mol. The predicted octanol–water partition coefficient (Wildman–Crippen LogP) is -0.413. The Balaban J connectivity index is 2.57. The Labute approximate surface area is 75.3 Å². The fourth-order valence-electron chi connectivity index (χ4n) is 0.654. The molecule has 0 spiro atoms. The van der Waals surface area contributed by atoms with Gasteiger partial charge in [-0.15, -0.1) is 0 Å². The number of nitrogens with zero attached hydrogens (tertiary/aromatic N) is 3. The second kappa shape index (κ2) is 3.82. The summed E-state index contributed by atoms with van der Waals surface area (Å²) in [5, 5.41) is 3.92. The van der Waals surface area contributed by atoms with E-state index in [0.717, 1.165) is 5.69 Å². The molecule has 0 saturated heterocycles. The molecule has 64 valence electrons. The molecule has 0 radical (unpaired) electrons. The van der Waals surface area contributed by atoms with Crippen molar-refractivity contribution < 1.29 is 0 Å². The molecule has 0 aliphatic rings. The van der Waals surface area contributed by atoms with Crippen molar-refractivity contribution in [2.45, 2.75) is 0 Å². The van der Waals surface area contributed by atoms with E-state index in [-0.39, 0.29) is 5.11 Å². The minimum absolute atomic E-state index is 0.147. The third-order valence-corrected chi connectivity index (χ3v) is 1.32. The first-order valence-electron chi connectivity index (χ1n) is 3.25. The standard InChI is InChI=1S/C6H9N5S/c1-11-4-8-2-5(11)3-9-10-6(7)12/h2-4H,1H3,(H3,7,10,12). The highest BCUT2D eigenvalue weighted by molar-refractivity contribution is 7.80. The van der Waals surface area contributed by atoms with E-state index in [1.807, 2.05) is 11.6 Å². The fraction of sp³-hybridized carbons (Fsp3) is 0.167. The number of hydrogen-bond acceptors (Lipinski definition) is 3. The molecule has 0 amide bonds. The van der Waals surface area contributed by atoms with Crippen LogP contribution >= 0.6 is 12.2 Å². The lowest BCUT2D eigenvalue weighted by molar-refractivity contribution is 0.901. The lowest BCUT2D eigenvalue weighted by Crippen LogP contribution is -2.24. The highest BCUT2D eigenvalue weighted by Crippen LogP contribution is 1.89.